The molecule has 0 saturated carbocycles. The third-order valence-corrected chi connectivity index (χ3v) is 9.02. The van der Waals surface area contributed by atoms with E-state index in [1.807, 2.05) is 6.07 Å². The molecule has 2 fully saturated rings. The van der Waals surface area contributed by atoms with Crippen LogP contribution < -0.4 is 9.80 Å². The molecule has 1 atom stereocenters. The molecule has 5 rings (SSSR count). The Labute approximate surface area is 257 Å². The average Bonchev–Trinajstić information content (AvgIpc) is 2.98. The first-order valence-corrected chi connectivity index (χ1v) is 14.8. The van der Waals surface area contributed by atoms with Crippen molar-refractivity contribution in [3.8, 4) is 11.1 Å². The van der Waals surface area contributed by atoms with Crippen molar-refractivity contribution in [3.63, 3.8) is 0 Å². The Morgan fingerprint density at radius 2 is 1.51 bits per heavy atom. The van der Waals surface area contributed by atoms with Gasteiger partial charge in [0.25, 0.3) is 0 Å². The van der Waals surface area contributed by atoms with Crippen LogP contribution in [0.2, 0.25) is 0 Å². The number of anilines is 2. The summed E-state index contributed by atoms with van der Waals surface area (Å²) >= 11 is 0. The lowest BCUT2D eigenvalue weighted by Gasteiger charge is -2.44. The second kappa shape index (κ2) is 11.9. The molecule has 45 heavy (non-hydrogen) atoms. The number of benzene rings is 2. The number of nitrogens with zero attached hydrogens (tertiary/aromatic N) is 4. The Morgan fingerprint density at radius 1 is 0.867 bits per heavy atom. The number of alkyl halides is 6. The second-order valence-corrected chi connectivity index (χ2v) is 12.4. The SMILES string of the molecule is Cc1cc(F)ccc1-c1cc(N2CCN3CCCCC3C2)ncc1N(C)C(=O)C(C)(C)c1cc(C(F)(F)F)cc(C(F)(F)F)c1. The van der Waals surface area contributed by atoms with Gasteiger partial charge in [-0.25, -0.2) is 9.37 Å². The molecular weight excluding hydrogens is 601 g/mol. The summed E-state index contributed by atoms with van der Waals surface area (Å²) in [7, 11) is 1.40. The zero-order chi connectivity index (χ0) is 32.9. The van der Waals surface area contributed by atoms with Crippen LogP contribution in [-0.2, 0) is 22.6 Å². The summed E-state index contributed by atoms with van der Waals surface area (Å²) in [6, 6.07) is 7.64. The molecule has 3 heterocycles. The number of likely N-dealkylation sites (N-methyl/N-ethyl adjacent to an activating group) is 1. The van der Waals surface area contributed by atoms with Crippen molar-refractivity contribution in [2.24, 2.45) is 0 Å². The Kier molecular flexibility index (Phi) is 8.67. The largest absolute Gasteiger partial charge is 0.416 e. The van der Waals surface area contributed by atoms with E-state index in [0.717, 1.165) is 39.0 Å². The highest BCUT2D eigenvalue weighted by Crippen LogP contribution is 2.41. The number of aryl methyl sites for hydroxylation is 1. The third-order valence-electron chi connectivity index (χ3n) is 9.02. The van der Waals surface area contributed by atoms with Crippen LogP contribution in [0.5, 0.6) is 0 Å². The topological polar surface area (TPSA) is 39.7 Å². The molecule has 5 nitrogen and oxygen atoms in total. The molecule has 0 bridgehead atoms. The Balaban J connectivity index is 1.56. The Hall–Kier alpha value is -3.67. The number of piperidine rings is 1. The number of amides is 1. The van der Waals surface area contributed by atoms with Crippen LogP contribution in [0.4, 0.5) is 42.2 Å². The lowest BCUT2D eigenvalue weighted by Crippen LogP contribution is -2.55. The molecule has 12 heteroatoms. The lowest BCUT2D eigenvalue weighted by atomic mass is 9.81. The molecule has 1 unspecified atom stereocenters. The Morgan fingerprint density at radius 3 is 2.13 bits per heavy atom. The van der Waals surface area contributed by atoms with E-state index in [1.54, 1.807) is 13.0 Å². The van der Waals surface area contributed by atoms with E-state index in [9.17, 15) is 35.5 Å². The maximum Gasteiger partial charge on any atom is 0.416 e. The van der Waals surface area contributed by atoms with Gasteiger partial charge in [-0.2, -0.15) is 26.3 Å². The highest BCUT2D eigenvalue weighted by molar-refractivity contribution is 6.03. The molecule has 2 aromatic carbocycles. The maximum absolute atomic E-state index is 14.1. The van der Waals surface area contributed by atoms with E-state index in [1.165, 1.54) is 50.5 Å². The van der Waals surface area contributed by atoms with Gasteiger partial charge >= 0.3 is 12.4 Å². The smallest absolute Gasteiger partial charge is 0.354 e. The molecule has 1 aromatic heterocycles. The van der Waals surface area contributed by atoms with E-state index >= 15 is 0 Å². The van der Waals surface area contributed by atoms with Crippen LogP contribution in [0.1, 0.15) is 55.4 Å². The summed E-state index contributed by atoms with van der Waals surface area (Å²) in [4.78, 5) is 24.5. The number of aromatic nitrogens is 1. The highest BCUT2D eigenvalue weighted by atomic mass is 19.4. The first-order chi connectivity index (χ1) is 21.0. The van der Waals surface area contributed by atoms with Crippen molar-refractivity contribution >= 4 is 17.4 Å². The van der Waals surface area contributed by atoms with Gasteiger partial charge in [0, 0.05) is 38.3 Å². The van der Waals surface area contributed by atoms with Crippen molar-refractivity contribution in [2.45, 2.75) is 63.8 Å². The molecule has 0 radical (unpaired) electrons. The van der Waals surface area contributed by atoms with Crippen molar-refractivity contribution < 1.29 is 35.5 Å². The Bertz CT molecular complexity index is 1550. The number of carbonyl (C=O) groups excluding carboxylic acids is 1. The average molecular weight is 637 g/mol. The summed E-state index contributed by atoms with van der Waals surface area (Å²) in [5.41, 5.74) is -3.22. The molecule has 0 aliphatic carbocycles. The van der Waals surface area contributed by atoms with Gasteiger partial charge in [0.05, 0.1) is 28.4 Å². The number of rotatable bonds is 5. The normalized spacial score (nSPS) is 18.1. The summed E-state index contributed by atoms with van der Waals surface area (Å²) in [5, 5.41) is 0. The van der Waals surface area contributed by atoms with Gasteiger partial charge in [0.1, 0.15) is 11.6 Å². The van der Waals surface area contributed by atoms with Gasteiger partial charge < -0.3 is 9.80 Å². The number of hydrogen-bond donors (Lipinski definition) is 0. The van der Waals surface area contributed by atoms with E-state index in [0.29, 0.717) is 40.7 Å². The fourth-order valence-electron chi connectivity index (χ4n) is 6.35. The molecule has 3 aromatic rings. The van der Waals surface area contributed by atoms with Crippen molar-refractivity contribution in [2.75, 3.05) is 43.0 Å². The fourth-order valence-corrected chi connectivity index (χ4v) is 6.35. The predicted molar refractivity (Wildman–Crippen MR) is 159 cm³/mol. The number of pyridine rings is 1. The van der Waals surface area contributed by atoms with Crippen LogP contribution in [0.25, 0.3) is 11.1 Å². The monoisotopic (exact) mass is 636 g/mol. The van der Waals surface area contributed by atoms with Gasteiger partial charge in [-0.15, -0.1) is 0 Å². The summed E-state index contributed by atoms with van der Waals surface area (Å²) < 4.78 is 95.9. The molecule has 0 N–H and O–H groups in total. The number of halogens is 7. The van der Waals surface area contributed by atoms with Crippen LogP contribution in [0.3, 0.4) is 0 Å². The summed E-state index contributed by atoms with van der Waals surface area (Å²) in [6.07, 6.45) is -5.22. The van der Waals surface area contributed by atoms with Gasteiger partial charge in [-0.3, -0.25) is 9.69 Å². The highest BCUT2D eigenvalue weighted by Gasteiger charge is 2.41. The molecule has 2 saturated heterocycles. The lowest BCUT2D eigenvalue weighted by molar-refractivity contribution is -0.143. The van der Waals surface area contributed by atoms with Crippen LogP contribution >= 0.6 is 0 Å². The third kappa shape index (κ3) is 6.66. The zero-order valence-electron chi connectivity index (χ0n) is 25.5. The van der Waals surface area contributed by atoms with Crippen molar-refractivity contribution in [1.29, 1.82) is 0 Å². The standard InChI is InChI=1S/C33H35F7N4O/c1-20-13-24(34)8-9-26(20)27-17-29(44-12-11-43-10-6-5-7-25(43)19-44)41-18-28(27)42(4)30(45)31(2,3)21-14-22(32(35,36)37)16-23(15-21)33(38,39)40/h8-9,13-18,25H,5-7,10-12,19H2,1-4H3. The molecule has 0 spiro atoms. The number of hydrogen-bond acceptors (Lipinski definition) is 4. The van der Waals surface area contributed by atoms with E-state index < -0.39 is 46.2 Å². The van der Waals surface area contributed by atoms with Gasteiger partial charge in [-0.1, -0.05) is 12.5 Å². The van der Waals surface area contributed by atoms with E-state index in [-0.39, 0.29) is 11.8 Å². The van der Waals surface area contributed by atoms with Crippen molar-refractivity contribution in [3.05, 3.63) is 76.7 Å². The van der Waals surface area contributed by atoms with Crippen LogP contribution in [0, 0.1) is 12.7 Å². The molecule has 242 valence electrons. The first kappa shape index (κ1) is 32.7. The predicted octanol–water partition coefficient (Wildman–Crippen LogP) is 7.85. The summed E-state index contributed by atoms with van der Waals surface area (Å²) in [6.45, 7) is 7.74. The molecule has 2 aliphatic rings. The molecule has 1 amide bonds. The zero-order valence-corrected chi connectivity index (χ0v) is 25.5. The maximum atomic E-state index is 14.1. The van der Waals surface area contributed by atoms with Gasteiger partial charge in [0.2, 0.25) is 5.91 Å². The minimum absolute atomic E-state index is 0.0406. The number of piperazine rings is 1. The first-order valence-electron chi connectivity index (χ1n) is 14.8. The van der Waals surface area contributed by atoms with Crippen LogP contribution in [-0.4, -0.2) is 55.1 Å². The van der Waals surface area contributed by atoms with E-state index in [4.69, 9.17) is 0 Å². The minimum Gasteiger partial charge on any atom is -0.354 e. The molecular formula is C33H35F7N4O. The number of carbonyl (C=O) groups is 1. The second-order valence-electron chi connectivity index (χ2n) is 12.4. The quantitative estimate of drug-likeness (QED) is 0.268. The molecule has 2 aliphatic heterocycles. The summed E-state index contributed by atoms with van der Waals surface area (Å²) in [5.74, 6) is -0.534. The number of fused-ring (bicyclic) bond motifs is 1. The van der Waals surface area contributed by atoms with Gasteiger partial charge in [0.15, 0.2) is 0 Å². The van der Waals surface area contributed by atoms with Crippen molar-refractivity contribution in [1.82, 2.24) is 9.88 Å². The van der Waals surface area contributed by atoms with Crippen LogP contribution in [0.15, 0.2) is 48.7 Å². The van der Waals surface area contributed by atoms with E-state index in [2.05, 4.69) is 14.8 Å². The minimum atomic E-state index is -5.06. The fraction of sp³-hybridized carbons (Fsp3) is 0.455. The van der Waals surface area contributed by atoms with Gasteiger partial charge in [-0.05, 0) is 93.2 Å².